The highest BCUT2D eigenvalue weighted by Crippen LogP contribution is 2.38. The number of fused-ring (bicyclic) bond motifs is 1. The van der Waals surface area contributed by atoms with Crippen LogP contribution >= 0.6 is 27.5 Å². The number of hydrogen-bond donors (Lipinski definition) is 0. The first-order valence-electron chi connectivity index (χ1n) is 8.63. The molecule has 0 saturated carbocycles. The molecular formula is C18H18BrClN2O7. The van der Waals surface area contributed by atoms with Crippen LogP contribution in [0.15, 0.2) is 22.7 Å². The summed E-state index contributed by atoms with van der Waals surface area (Å²) >= 11 is 9.75. The van der Waals surface area contributed by atoms with E-state index in [2.05, 4.69) is 20.9 Å². The third-order valence-corrected chi connectivity index (χ3v) is 4.96. The van der Waals surface area contributed by atoms with Crippen molar-refractivity contribution in [2.45, 2.75) is 45.3 Å². The van der Waals surface area contributed by atoms with E-state index in [1.807, 2.05) is 0 Å². The van der Waals surface area contributed by atoms with E-state index in [0.717, 1.165) is 4.47 Å². The highest BCUT2D eigenvalue weighted by atomic mass is 79.9. The highest BCUT2D eigenvalue weighted by molar-refractivity contribution is 9.10. The Morgan fingerprint density at radius 2 is 1.79 bits per heavy atom. The predicted molar refractivity (Wildman–Crippen MR) is 104 cm³/mol. The Morgan fingerprint density at radius 3 is 2.41 bits per heavy atom. The van der Waals surface area contributed by atoms with Gasteiger partial charge in [-0.1, -0.05) is 15.9 Å². The molecule has 9 nitrogen and oxygen atoms in total. The largest absolute Gasteiger partial charge is 0.463 e. The maximum absolute atomic E-state index is 11.8. The number of benzene rings is 1. The summed E-state index contributed by atoms with van der Waals surface area (Å²) in [6.45, 7) is 3.49. The lowest BCUT2D eigenvalue weighted by Crippen LogP contribution is -2.40. The molecule has 3 rings (SSSR count). The summed E-state index contributed by atoms with van der Waals surface area (Å²) in [5, 5.41) is 0.0926. The molecule has 0 N–H and O–H groups in total. The first-order chi connectivity index (χ1) is 13.7. The molecule has 156 valence electrons. The van der Waals surface area contributed by atoms with Gasteiger partial charge in [-0.05, 0) is 29.8 Å². The van der Waals surface area contributed by atoms with Crippen molar-refractivity contribution in [3.8, 4) is 0 Å². The van der Waals surface area contributed by atoms with Crippen LogP contribution in [-0.4, -0.2) is 52.4 Å². The quantitative estimate of drug-likeness (QED) is 0.466. The maximum Gasteiger partial charge on any atom is 0.303 e. The van der Waals surface area contributed by atoms with Gasteiger partial charge in [-0.25, -0.2) is 4.98 Å². The fourth-order valence-corrected chi connectivity index (χ4v) is 3.81. The molecule has 0 amide bonds. The van der Waals surface area contributed by atoms with Crippen LogP contribution in [0, 0.1) is 0 Å². The van der Waals surface area contributed by atoms with E-state index in [0.29, 0.717) is 11.0 Å². The zero-order valence-electron chi connectivity index (χ0n) is 15.8. The van der Waals surface area contributed by atoms with Gasteiger partial charge < -0.3 is 18.9 Å². The SMILES string of the molecule is CC(=O)OC[C@H]1O[C@@H](n2c(Cl)nc3ccc(Br)cc32)[C@H](OC(C)=O)[C@@H]1OC(C)=O. The van der Waals surface area contributed by atoms with E-state index < -0.39 is 42.4 Å². The second-order valence-electron chi connectivity index (χ2n) is 6.40. The summed E-state index contributed by atoms with van der Waals surface area (Å²) in [5.74, 6) is -1.73. The van der Waals surface area contributed by atoms with Crippen molar-refractivity contribution in [2.75, 3.05) is 6.61 Å². The fraction of sp³-hybridized carbons (Fsp3) is 0.444. The summed E-state index contributed by atoms with van der Waals surface area (Å²) < 4.78 is 24.1. The topological polar surface area (TPSA) is 106 Å². The molecule has 0 bridgehead atoms. The normalized spacial score (nSPS) is 23.8. The zero-order valence-corrected chi connectivity index (χ0v) is 18.1. The predicted octanol–water partition coefficient (Wildman–Crippen LogP) is 2.78. The van der Waals surface area contributed by atoms with E-state index >= 15 is 0 Å². The highest BCUT2D eigenvalue weighted by Gasteiger charge is 2.51. The van der Waals surface area contributed by atoms with Crippen LogP contribution in [0.5, 0.6) is 0 Å². The average Bonchev–Trinajstić information content (AvgIpc) is 3.09. The lowest BCUT2D eigenvalue weighted by Gasteiger charge is -2.24. The molecule has 29 heavy (non-hydrogen) atoms. The van der Waals surface area contributed by atoms with Gasteiger partial charge in [-0.15, -0.1) is 0 Å². The van der Waals surface area contributed by atoms with Crippen molar-refractivity contribution in [1.82, 2.24) is 9.55 Å². The number of imidazole rings is 1. The molecule has 1 aliphatic heterocycles. The van der Waals surface area contributed by atoms with Gasteiger partial charge in [0.25, 0.3) is 0 Å². The van der Waals surface area contributed by atoms with Crippen LogP contribution in [0.3, 0.4) is 0 Å². The molecule has 0 spiro atoms. The molecular weight excluding hydrogens is 472 g/mol. The summed E-state index contributed by atoms with van der Waals surface area (Å²) in [6, 6.07) is 5.35. The Hall–Kier alpha value is -2.17. The van der Waals surface area contributed by atoms with E-state index in [1.54, 1.807) is 22.8 Å². The minimum absolute atomic E-state index is 0.0926. The molecule has 1 aromatic carbocycles. The minimum atomic E-state index is -1.04. The third-order valence-electron chi connectivity index (χ3n) is 4.20. The van der Waals surface area contributed by atoms with Crippen molar-refractivity contribution in [2.24, 2.45) is 0 Å². The van der Waals surface area contributed by atoms with Crippen LogP contribution < -0.4 is 0 Å². The number of carbonyl (C=O) groups is 3. The Labute approximate surface area is 179 Å². The molecule has 2 heterocycles. The summed E-state index contributed by atoms with van der Waals surface area (Å²) in [5.41, 5.74) is 1.21. The lowest BCUT2D eigenvalue weighted by molar-refractivity contribution is -0.166. The van der Waals surface area contributed by atoms with Gasteiger partial charge in [0.15, 0.2) is 18.4 Å². The van der Waals surface area contributed by atoms with Gasteiger partial charge in [0, 0.05) is 25.2 Å². The van der Waals surface area contributed by atoms with E-state index in [4.69, 9.17) is 30.5 Å². The molecule has 2 aromatic rings. The van der Waals surface area contributed by atoms with Crippen molar-refractivity contribution in [1.29, 1.82) is 0 Å². The Balaban J connectivity index is 2.06. The number of nitrogens with zero attached hydrogens (tertiary/aromatic N) is 2. The van der Waals surface area contributed by atoms with Gasteiger partial charge in [0.1, 0.15) is 12.7 Å². The number of aromatic nitrogens is 2. The summed E-state index contributed by atoms with van der Waals surface area (Å²) in [7, 11) is 0. The number of hydrogen-bond acceptors (Lipinski definition) is 8. The first kappa shape index (κ1) is 21.5. The Kier molecular flexibility index (Phi) is 6.45. The van der Waals surface area contributed by atoms with Crippen LogP contribution in [0.4, 0.5) is 0 Å². The van der Waals surface area contributed by atoms with Crippen LogP contribution in [0.1, 0.15) is 27.0 Å². The molecule has 0 radical (unpaired) electrons. The average molecular weight is 490 g/mol. The van der Waals surface area contributed by atoms with Crippen molar-refractivity contribution < 1.29 is 33.3 Å². The third kappa shape index (κ3) is 4.71. The Morgan fingerprint density at radius 1 is 1.14 bits per heavy atom. The van der Waals surface area contributed by atoms with Gasteiger partial charge in [0.05, 0.1) is 11.0 Å². The van der Waals surface area contributed by atoms with Gasteiger partial charge in [-0.2, -0.15) is 0 Å². The van der Waals surface area contributed by atoms with Crippen molar-refractivity contribution in [3.05, 3.63) is 28.0 Å². The maximum atomic E-state index is 11.8. The van der Waals surface area contributed by atoms with Crippen LogP contribution in [0.2, 0.25) is 5.28 Å². The molecule has 1 saturated heterocycles. The Bertz CT molecular complexity index is 963. The number of rotatable bonds is 5. The smallest absolute Gasteiger partial charge is 0.303 e. The fourth-order valence-electron chi connectivity index (χ4n) is 3.18. The molecule has 1 aliphatic rings. The molecule has 1 aromatic heterocycles. The van der Waals surface area contributed by atoms with E-state index in [-0.39, 0.29) is 11.9 Å². The lowest BCUT2D eigenvalue weighted by atomic mass is 10.1. The number of carbonyl (C=O) groups excluding carboxylic acids is 3. The molecule has 11 heteroatoms. The molecule has 4 atom stereocenters. The van der Waals surface area contributed by atoms with Crippen molar-refractivity contribution >= 4 is 56.5 Å². The molecule has 0 aliphatic carbocycles. The second-order valence-corrected chi connectivity index (χ2v) is 7.65. The second kappa shape index (κ2) is 8.68. The van der Waals surface area contributed by atoms with Crippen molar-refractivity contribution in [3.63, 3.8) is 0 Å². The van der Waals surface area contributed by atoms with Gasteiger partial charge >= 0.3 is 17.9 Å². The summed E-state index contributed by atoms with van der Waals surface area (Å²) in [4.78, 5) is 39.0. The number of ether oxygens (including phenoxy) is 4. The first-order valence-corrected chi connectivity index (χ1v) is 9.80. The van der Waals surface area contributed by atoms with E-state index in [1.165, 1.54) is 20.8 Å². The monoisotopic (exact) mass is 488 g/mol. The van der Waals surface area contributed by atoms with Gasteiger partial charge in [0.2, 0.25) is 5.28 Å². The van der Waals surface area contributed by atoms with Crippen LogP contribution in [0.25, 0.3) is 11.0 Å². The zero-order chi connectivity index (χ0) is 21.3. The standard InChI is InChI=1S/C18H18BrClN2O7/c1-8(23)26-7-14-15(27-9(2)24)16(28-10(3)25)17(29-14)22-13-6-11(19)4-5-12(13)21-18(22)20/h4-6,14-17H,7H2,1-3H3/t14-,15-,16-,17-/m1/s1. The minimum Gasteiger partial charge on any atom is -0.463 e. The van der Waals surface area contributed by atoms with Crippen LogP contribution in [-0.2, 0) is 33.3 Å². The summed E-state index contributed by atoms with van der Waals surface area (Å²) in [6.07, 6.45) is -3.89. The molecule has 0 unspecified atom stereocenters. The number of esters is 3. The van der Waals surface area contributed by atoms with Gasteiger partial charge in [-0.3, -0.25) is 19.0 Å². The van der Waals surface area contributed by atoms with E-state index in [9.17, 15) is 14.4 Å². The molecule has 1 fully saturated rings. The number of halogens is 2.